The van der Waals surface area contributed by atoms with E-state index in [9.17, 15) is 4.79 Å². The summed E-state index contributed by atoms with van der Waals surface area (Å²) in [4.78, 5) is 10.9. The highest BCUT2D eigenvalue weighted by Crippen LogP contribution is 2.30. The molecule has 0 bridgehead atoms. The van der Waals surface area contributed by atoms with E-state index in [0.717, 1.165) is 31.5 Å². The molecule has 0 amide bonds. The number of ether oxygens (including phenoxy) is 1. The molecule has 1 aromatic carbocycles. The van der Waals surface area contributed by atoms with Crippen molar-refractivity contribution in [2.24, 2.45) is 11.7 Å². The number of nitrogens with two attached hydrogens (primary N) is 1. The molecule has 0 spiro atoms. The Hall–Kier alpha value is -1.30. The van der Waals surface area contributed by atoms with Crippen LogP contribution in [0, 0.1) is 5.92 Å². The number of halogens is 1. The van der Waals surface area contributed by atoms with Gasteiger partial charge in [0.2, 0.25) is 0 Å². The summed E-state index contributed by atoms with van der Waals surface area (Å²) in [5.74, 6) is 0.0606. The molecule has 1 heterocycles. The number of nitrogens with one attached hydrogen (secondary N) is 1. The zero-order chi connectivity index (χ0) is 15.9. The van der Waals surface area contributed by atoms with Gasteiger partial charge in [0.05, 0.1) is 18.1 Å². The van der Waals surface area contributed by atoms with Gasteiger partial charge < -0.3 is 20.9 Å². The van der Waals surface area contributed by atoms with Gasteiger partial charge in [-0.1, -0.05) is 17.7 Å². The number of aliphatic carboxylic acids is 1. The monoisotopic (exact) mass is 326 g/mol. The average Bonchev–Trinajstić information content (AvgIpc) is 2.53. The summed E-state index contributed by atoms with van der Waals surface area (Å²) in [7, 11) is 0. The lowest BCUT2D eigenvalue weighted by Gasteiger charge is -2.23. The second-order valence-electron chi connectivity index (χ2n) is 5.72. The van der Waals surface area contributed by atoms with Gasteiger partial charge in [0, 0.05) is 5.92 Å². The van der Waals surface area contributed by atoms with Gasteiger partial charge in [0.25, 0.3) is 0 Å². The van der Waals surface area contributed by atoms with E-state index < -0.39 is 5.97 Å². The fourth-order valence-corrected chi connectivity index (χ4v) is 2.86. The standard InChI is InChI=1S/C16H23ClN2O3/c17-14-2-1-12(13(9-18)8-16(20)21)7-15(14)22-10-11-3-5-19-6-4-11/h1-2,7,11,13,19H,3-6,8-10,18H2,(H,20,21)/t13-/m0/s1. The third-order valence-corrected chi connectivity index (χ3v) is 4.38. The molecule has 1 aromatic rings. The van der Waals surface area contributed by atoms with E-state index in [0.29, 0.717) is 23.3 Å². The van der Waals surface area contributed by atoms with Crippen LogP contribution in [0.1, 0.15) is 30.7 Å². The minimum absolute atomic E-state index is 0.00582. The summed E-state index contributed by atoms with van der Waals surface area (Å²) in [5.41, 5.74) is 6.54. The molecule has 1 saturated heterocycles. The Labute approximate surface area is 135 Å². The molecule has 2 rings (SSSR count). The first kappa shape index (κ1) is 17.1. The van der Waals surface area contributed by atoms with Crippen LogP contribution < -0.4 is 15.8 Å². The van der Waals surface area contributed by atoms with Crippen molar-refractivity contribution in [1.29, 1.82) is 0 Å². The molecule has 0 aromatic heterocycles. The lowest BCUT2D eigenvalue weighted by Crippen LogP contribution is -2.30. The van der Waals surface area contributed by atoms with Crippen LogP contribution in [0.25, 0.3) is 0 Å². The SMILES string of the molecule is NC[C@H](CC(=O)O)c1ccc(Cl)c(OCC2CCNCC2)c1. The van der Waals surface area contributed by atoms with Crippen molar-refractivity contribution in [1.82, 2.24) is 5.32 Å². The Kier molecular flexibility index (Phi) is 6.49. The molecule has 122 valence electrons. The smallest absolute Gasteiger partial charge is 0.304 e. The van der Waals surface area contributed by atoms with E-state index in [4.69, 9.17) is 27.2 Å². The normalized spacial score (nSPS) is 17.2. The summed E-state index contributed by atoms with van der Waals surface area (Å²) in [6.45, 7) is 2.96. The molecule has 0 radical (unpaired) electrons. The minimum Gasteiger partial charge on any atom is -0.492 e. The first-order valence-corrected chi connectivity index (χ1v) is 8.02. The van der Waals surface area contributed by atoms with Crippen LogP contribution in [-0.4, -0.2) is 37.3 Å². The molecule has 1 aliphatic rings. The molecule has 0 unspecified atom stereocenters. The van der Waals surface area contributed by atoms with Crippen LogP contribution in [0.4, 0.5) is 0 Å². The second-order valence-corrected chi connectivity index (χ2v) is 6.13. The van der Waals surface area contributed by atoms with Gasteiger partial charge >= 0.3 is 5.97 Å². The topological polar surface area (TPSA) is 84.6 Å². The summed E-state index contributed by atoms with van der Waals surface area (Å²) < 4.78 is 5.87. The third-order valence-electron chi connectivity index (χ3n) is 4.07. The van der Waals surface area contributed by atoms with Crippen molar-refractivity contribution in [2.45, 2.75) is 25.2 Å². The van der Waals surface area contributed by atoms with Crippen molar-refractivity contribution in [3.05, 3.63) is 28.8 Å². The largest absolute Gasteiger partial charge is 0.492 e. The predicted octanol–water partition coefficient (Wildman–Crippen LogP) is 2.24. The molecular weight excluding hydrogens is 304 g/mol. The van der Waals surface area contributed by atoms with Gasteiger partial charge in [-0.3, -0.25) is 4.79 Å². The van der Waals surface area contributed by atoms with Crippen molar-refractivity contribution in [3.8, 4) is 5.75 Å². The van der Waals surface area contributed by atoms with Gasteiger partial charge in [0.15, 0.2) is 0 Å². The van der Waals surface area contributed by atoms with Crippen LogP contribution in [0.15, 0.2) is 18.2 Å². The zero-order valence-corrected chi connectivity index (χ0v) is 13.3. The summed E-state index contributed by atoms with van der Waals surface area (Å²) in [6, 6.07) is 5.39. The lowest BCUT2D eigenvalue weighted by molar-refractivity contribution is -0.137. The Morgan fingerprint density at radius 2 is 2.18 bits per heavy atom. The van der Waals surface area contributed by atoms with Gasteiger partial charge in [-0.15, -0.1) is 0 Å². The molecule has 1 atom stereocenters. The van der Waals surface area contributed by atoms with Gasteiger partial charge in [-0.25, -0.2) is 0 Å². The fraction of sp³-hybridized carbons (Fsp3) is 0.562. The number of carbonyl (C=O) groups is 1. The van der Waals surface area contributed by atoms with E-state index in [2.05, 4.69) is 5.32 Å². The van der Waals surface area contributed by atoms with Gasteiger partial charge in [-0.05, 0) is 56.1 Å². The Morgan fingerprint density at radius 1 is 1.45 bits per heavy atom. The highest BCUT2D eigenvalue weighted by Gasteiger charge is 2.17. The molecule has 22 heavy (non-hydrogen) atoms. The molecular formula is C16H23ClN2O3. The van der Waals surface area contributed by atoms with Crippen LogP contribution in [0.3, 0.4) is 0 Å². The van der Waals surface area contributed by atoms with E-state index in [1.807, 2.05) is 12.1 Å². The quantitative estimate of drug-likeness (QED) is 0.715. The van der Waals surface area contributed by atoms with Crippen LogP contribution in [-0.2, 0) is 4.79 Å². The van der Waals surface area contributed by atoms with Crippen LogP contribution in [0.2, 0.25) is 5.02 Å². The summed E-state index contributed by atoms with van der Waals surface area (Å²) in [5, 5.41) is 12.8. The number of rotatable bonds is 7. The van der Waals surface area contributed by atoms with Crippen molar-refractivity contribution in [2.75, 3.05) is 26.2 Å². The molecule has 4 N–H and O–H groups in total. The molecule has 5 nitrogen and oxygen atoms in total. The maximum absolute atomic E-state index is 10.9. The summed E-state index contributed by atoms with van der Waals surface area (Å²) in [6.07, 6.45) is 2.20. The minimum atomic E-state index is -0.859. The molecule has 1 aliphatic heterocycles. The number of hydrogen-bond donors (Lipinski definition) is 3. The lowest BCUT2D eigenvalue weighted by atomic mass is 9.95. The van der Waals surface area contributed by atoms with Crippen molar-refractivity contribution in [3.63, 3.8) is 0 Å². The average molecular weight is 327 g/mol. The fourth-order valence-electron chi connectivity index (χ4n) is 2.69. The number of hydrogen-bond acceptors (Lipinski definition) is 4. The third kappa shape index (κ3) is 4.87. The maximum atomic E-state index is 10.9. The Balaban J connectivity index is 2.03. The highest BCUT2D eigenvalue weighted by atomic mass is 35.5. The van der Waals surface area contributed by atoms with E-state index in [-0.39, 0.29) is 18.9 Å². The molecule has 0 aliphatic carbocycles. The molecule has 6 heteroatoms. The molecule has 0 saturated carbocycles. The predicted molar refractivity (Wildman–Crippen MR) is 86.6 cm³/mol. The van der Waals surface area contributed by atoms with Crippen LogP contribution in [0.5, 0.6) is 5.75 Å². The van der Waals surface area contributed by atoms with E-state index in [1.54, 1.807) is 6.07 Å². The Morgan fingerprint density at radius 3 is 2.82 bits per heavy atom. The van der Waals surface area contributed by atoms with Crippen LogP contribution >= 0.6 is 11.6 Å². The van der Waals surface area contributed by atoms with Crippen molar-refractivity contribution < 1.29 is 14.6 Å². The summed E-state index contributed by atoms with van der Waals surface area (Å²) >= 11 is 6.18. The number of benzene rings is 1. The first-order valence-electron chi connectivity index (χ1n) is 7.65. The van der Waals surface area contributed by atoms with Gasteiger partial charge in [0.1, 0.15) is 5.75 Å². The molecule has 1 fully saturated rings. The number of carboxylic acids is 1. The van der Waals surface area contributed by atoms with E-state index >= 15 is 0 Å². The second kappa shape index (κ2) is 8.36. The van der Waals surface area contributed by atoms with Gasteiger partial charge in [-0.2, -0.15) is 0 Å². The maximum Gasteiger partial charge on any atom is 0.304 e. The number of carboxylic acid groups (broad SMARTS) is 1. The first-order chi connectivity index (χ1) is 10.6. The number of piperidine rings is 1. The van der Waals surface area contributed by atoms with E-state index in [1.165, 1.54) is 0 Å². The Bertz CT molecular complexity index is 504. The highest BCUT2D eigenvalue weighted by molar-refractivity contribution is 6.32. The van der Waals surface area contributed by atoms with Crippen molar-refractivity contribution >= 4 is 17.6 Å². The zero-order valence-electron chi connectivity index (χ0n) is 12.6.